The van der Waals surface area contributed by atoms with Crippen molar-refractivity contribution < 1.29 is 9.59 Å². The molecule has 15 heavy (non-hydrogen) atoms. The maximum absolute atomic E-state index is 11.2. The summed E-state index contributed by atoms with van der Waals surface area (Å²) in [5.41, 5.74) is 0. The fourth-order valence-corrected chi connectivity index (χ4v) is 1.13. The highest BCUT2D eigenvalue weighted by atomic mass is 16.2. The molecule has 0 spiro atoms. The molecule has 2 N–H and O–H groups in total. The van der Waals surface area contributed by atoms with Gasteiger partial charge in [0, 0.05) is 12.8 Å². The second-order valence-corrected chi connectivity index (χ2v) is 4.57. The average molecular weight is 212 g/mol. The summed E-state index contributed by atoms with van der Waals surface area (Å²) in [6.45, 7) is 7.93. The van der Waals surface area contributed by atoms with Crippen molar-refractivity contribution >= 4 is 19.4 Å². The molecular formula is C10H21BN2O2. The Balaban J connectivity index is 3.53. The normalized spacial score (nSPS) is 10.3. The van der Waals surface area contributed by atoms with Crippen LogP contribution in [-0.2, 0) is 9.59 Å². The van der Waals surface area contributed by atoms with Crippen molar-refractivity contribution in [3.05, 3.63) is 0 Å². The molecule has 4 nitrogen and oxygen atoms in total. The quantitative estimate of drug-likeness (QED) is 0.632. The Bertz CT molecular complexity index is 195. The molecule has 0 saturated heterocycles. The molecule has 0 radical (unpaired) electrons. The van der Waals surface area contributed by atoms with Gasteiger partial charge >= 0.3 is 7.55 Å². The van der Waals surface area contributed by atoms with Crippen molar-refractivity contribution in [2.45, 2.75) is 40.5 Å². The molecule has 0 heterocycles. The SMILES string of the molecule is CC(C)CC(=O)NBNC(=O)CC(C)C. The van der Waals surface area contributed by atoms with Gasteiger partial charge in [-0.25, -0.2) is 0 Å². The Morgan fingerprint density at radius 2 is 1.27 bits per heavy atom. The minimum Gasteiger partial charge on any atom is -0.383 e. The highest BCUT2D eigenvalue weighted by molar-refractivity contribution is 6.38. The van der Waals surface area contributed by atoms with E-state index in [9.17, 15) is 9.59 Å². The summed E-state index contributed by atoms with van der Waals surface area (Å²) in [6, 6.07) is 0. The zero-order valence-corrected chi connectivity index (χ0v) is 10.1. The van der Waals surface area contributed by atoms with Crippen LogP contribution in [0.4, 0.5) is 0 Å². The van der Waals surface area contributed by atoms with Crippen LogP contribution in [0.2, 0.25) is 0 Å². The van der Waals surface area contributed by atoms with E-state index < -0.39 is 0 Å². The number of hydrogen-bond donors (Lipinski definition) is 2. The van der Waals surface area contributed by atoms with E-state index in [1.165, 1.54) is 0 Å². The topological polar surface area (TPSA) is 58.2 Å². The summed E-state index contributed by atoms with van der Waals surface area (Å²) in [5.74, 6) is 0.650. The van der Waals surface area contributed by atoms with Crippen molar-refractivity contribution in [2.24, 2.45) is 11.8 Å². The van der Waals surface area contributed by atoms with Crippen molar-refractivity contribution in [3.63, 3.8) is 0 Å². The zero-order chi connectivity index (χ0) is 11.8. The lowest BCUT2D eigenvalue weighted by atomic mass is 10.1. The van der Waals surface area contributed by atoms with Gasteiger partial charge in [0.15, 0.2) is 0 Å². The molecule has 0 bridgehead atoms. The Morgan fingerprint density at radius 1 is 0.933 bits per heavy atom. The van der Waals surface area contributed by atoms with Crippen LogP contribution in [0.15, 0.2) is 0 Å². The van der Waals surface area contributed by atoms with E-state index in [1.807, 2.05) is 27.7 Å². The van der Waals surface area contributed by atoms with Crippen LogP contribution in [-0.4, -0.2) is 19.4 Å². The summed E-state index contributed by atoms with van der Waals surface area (Å²) >= 11 is 0. The molecule has 0 fully saturated rings. The average Bonchev–Trinajstić information content (AvgIpc) is 2.00. The van der Waals surface area contributed by atoms with Gasteiger partial charge in [-0.2, -0.15) is 0 Å². The molecule has 0 aromatic carbocycles. The molecule has 0 aliphatic heterocycles. The Morgan fingerprint density at radius 3 is 1.53 bits per heavy atom. The van der Waals surface area contributed by atoms with Gasteiger partial charge in [0.2, 0.25) is 11.8 Å². The third-order valence-corrected chi connectivity index (χ3v) is 1.76. The molecule has 0 aliphatic rings. The second-order valence-electron chi connectivity index (χ2n) is 4.57. The van der Waals surface area contributed by atoms with Crippen molar-refractivity contribution in [2.75, 3.05) is 0 Å². The van der Waals surface area contributed by atoms with Gasteiger partial charge in [-0.15, -0.1) is 0 Å². The number of hydrogen-bond acceptors (Lipinski definition) is 2. The standard InChI is InChI=1S/C10H21BN2O2/c1-7(2)5-9(14)12-11-13-10(15)6-8(3)4/h7-8,11H,5-6H2,1-4H3,(H,12,14)(H,13,15). The molecule has 0 aromatic heterocycles. The van der Waals surface area contributed by atoms with Crippen LogP contribution in [0, 0.1) is 11.8 Å². The predicted octanol–water partition coefficient (Wildman–Crippen LogP) is 0.577. The lowest BCUT2D eigenvalue weighted by molar-refractivity contribution is -0.120. The third-order valence-electron chi connectivity index (χ3n) is 1.76. The smallest absolute Gasteiger partial charge is 0.355 e. The van der Waals surface area contributed by atoms with E-state index in [0.29, 0.717) is 24.7 Å². The fourth-order valence-electron chi connectivity index (χ4n) is 1.13. The molecule has 86 valence electrons. The van der Waals surface area contributed by atoms with E-state index in [2.05, 4.69) is 10.5 Å². The third kappa shape index (κ3) is 9.31. The largest absolute Gasteiger partial charge is 0.383 e. The number of rotatable bonds is 6. The van der Waals surface area contributed by atoms with Crippen molar-refractivity contribution in [1.82, 2.24) is 10.5 Å². The van der Waals surface area contributed by atoms with E-state index in [4.69, 9.17) is 0 Å². The van der Waals surface area contributed by atoms with Gasteiger partial charge in [0.05, 0.1) is 0 Å². The predicted molar refractivity (Wildman–Crippen MR) is 62.3 cm³/mol. The molecule has 0 aromatic rings. The van der Waals surface area contributed by atoms with Crippen LogP contribution >= 0.6 is 0 Å². The molecule has 5 heteroatoms. The summed E-state index contributed by atoms with van der Waals surface area (Å²) < 4.78 is 0. The van der Waals surface area contributed by atoms with Gasteiger partial charge in [-0.1, -0.05) is 27.7 Å². The molecule has 0 atom stereocenters. The van der Waals surface area contributed by atoms with Crippen LogP contribution in [0.25, 0.3) is 0 Å². The first-order valence-electron chi connectivity index (χ1n) is 5.45. The number of carbonyl (C=O) groups excluding carboxylic acids is 2. The molecule has 0 rings (SSSR count). The molecule has 0 saturated carbocycles. The lowest BCUT2D eigenvalue weighted by Gasteiger charge is -2.08. The van der Waals surface area contributed by atoms with E-state index in [-0.39, 0.29) is 19.4 Å². The minimum absolute atomic E-state index is 0.0187. The van der Waals surface area contributed by atoms with Gasteiger partial charge in [0.25, 0.3) is 0 Å². The van der Waals surface area contributed by atoms with Crippen LogP contribution in [0.5, 0.6) is 0 Å². The molecule has 0 unspecified atom stereocenters. The summed E-state index contributed by atoms with van der Waals surface area (Å²) in [4.78, 5) is 22.4. The van der Waals surface area contributed by atoms with E-state index in [1.54, 1.807) is 0 Å². The van der Waals surface area contributed by atoms with Crippen molar-refractivity contribution in [1.29, 1.82) is 0 Å². The summed E-state index contributed by atoms with van der Waals surface area (Å²) in [7, 11) is 0.233. The first-order chi connectivity index (χ1) is 6.91. The molecule has 0 aliphatic carbocycles. The van der Waals surface area contributed by atoms with Crippen LogP contribution in [0.1, 0.15) is 40.5 Å². The number of nitrogens with one attached hydrogen (secondary N) is 2. The Hall–Kier alpha value is -0.995. The van der Waals surface area contributed by atoms with Crippen molar-refractivity contribution in [3.8, 4) is 0 Å². The molecule has 2 amide bonds. The maximum Gasteiger partial charge on any atom is 0.355 e. The Kier molecular flexibility index (Phi) is 6.83. The zero-order valence-electron chi connectivity index (χ0n) is 10.1. The first kappa shape index (κ1) is 14.0. The van der Waals surface area contributed by atoms with Gasteiger partial charge < -0.3 is 10.5 Å². The number of amides is 2. The maximum atomic E-state index is 11.2. The van der Waals surface area contributed by atoms with E-state index >= 15 is 0 Å². The highest BCUT2D eigenvalue weighted by Gasteiger charge is 2.07. The number of carbonyl (C=O) groups is 2. The molecular weight excluding hydrogens is 191 g/mol. The summed E-state index contributed by atoms with van der Waals surface area (Å²) in [5, 5.41) is 5.29. The van der Waals surface area contributed by atoms with E-state index in [0.717, 1.165) is 0 Å². The fraction of sp³-hybridized carbons (Fsp3) is 0.800. The monoisotopic (exact) mass is 212 g/mol. The van der Waals surface area contributed by atoms with Gasteiger partial charge in [0.1, 0.15) is 0 Å². The minimum atomic E-state index is -0.0187. The highest BCUT2D eigenvalue weighted by Crippen LogP contribution is 1.98. The van der Waals surface area contributed by atoms with Gasteiger partial charge in [-0.05, 0) is 11.8 Å². The summed E-state index contributed by atoms with van der Waals surface area (Å²) in [6.07, 6.45) is 1.00. The van der Waals surface area contributed by atoms with Crippen LogP contribution in [0.3, 0.4) is 0 Å². The van der Waals surface area contributed by atoms with Gasteiger partial charge in [-0.3, -0.25) is 9.59 Å². The first-order valence-corrected chi connectivity index (χ1v) is 5.45. The lowest BCUT2D eigenvalue weighted by Crippen LogP contribution is -2.41. The van der Waals surface area contributed by atoms with Crippen LogP contribution < -0.4 is 10.5 Å². The second kappa shape index (κ2) is 7.32. The Labute approximate surface area is 92.5 Å².